The lowest BCUT2D eigenvalue weighted by Crippen LogP contribution is -2.44. The van der Waals surface area contributed by atoms with Crippen molar-refractivity contribution in [2.45, 2.75) is 18.9 Å². The zero-order valence-electron chi connectivity index (χ0n) is 16.2. The van der Waals surface area contributed by atoms with Gasteiger partial charge in [0, 0.05) is 19.0 Å². The normalized spacial score (nSPS) is 19.7. The van der Waals surface area contributed by atoms with E-state index < -0.39 is 16.2 Å². The number of nitrogens with zero attached hydrogens (tertiary/aromatic N) is 1. The maximum Gasteiger partial charge on any atom is 0.410 e. The second-order valence-electron chi connectivity index (χ2n) is 7.18. The maximum absolute atomic E-state index is 13.3. The highest BCUT2D eigenvalue weighted by molar-refractivity contribution is 7.85. The van der Waals surface area contributed by atoms with Crippen LogP contribution in [0.15, 0.2) is 54.6 Å². The Morgan fingerprint density at radius 2 is 1.83 bits per heavy atom. The van der Waals surface area contributed by atoms with E-state index in [0.717, 1.165) is 17.4 Å². The van der Waals surface area contributed by atoms with Crippen molar-refractivity contribution in [2.75, 3.05) is 26.0 Å². The number of rotatable bonds is 6. The van der Waals surface area contributed by atoms with E-state index in [1.165, 1.54) is 12.1 Å². The second kappa shape index (κ2) is 9.37. The smallest absolute Gasteiger partial charge is 0.410 e. The Morgan fingerprint density at radius 1 is 1.14 bits per heavy atom. The van der Waals surface area contributed by atoms with Gasteiger partial charge in [-0.1, -0.05) is 42.5 Å². The molecule has 6 nitrogen and oxygen atoms in total. The van der Waals surface area contributed by atoms with Crippen LogP contribution in [0.5, 0.6) is 0 Å². The monoisotopic (exact) mass is 421 g/mol. The van der Waals surface area contributed by atoms with Crippen LogP contribution in [0.1, 0.15) is 23.5 Å². The molecular formula is C21H24FNO5S. The van der Waals surface area contributed by atoms with Crippen LogP contribution in [0, 0.1) is 11.7 Å². The Kier molecular flexibility index (Phi) is 6.87. The fraction of sp³-hybridized carbons (Fsp3) is 0.381. The molecule has 1 aliphatic heterocycles. The number of benzene rings is 2. The van der Waals surface area contributed by atoms with Gasteiger partial charge in [0.2, 0.25) is 0 Å². The predicted octanol–water partition coefficient (Wildman–Crippen LogP) is 3.54. The van der Waals surface area contributed by atoms with Gasteiger partial charge in [-0.05, 0) is 35.6 Å². The second-order valence-corrected chi connectivity index (χ2v) is 8.83. The zero-order valence-corrected chi connectivity index (χ0v) is 17.0. The Balaban J connectivity index is 1.67. The van der Waals surface area contributed by atoms with Crippen molar-refractivity contribution < 1.29 is 26.5 Å². The van der Waals surface area contributed by atoms with Crippen molar-refractivity contribution in [3.05, 3.63) is 71.5 Å². The summed E-state index contributed by atoms with van der Waals surface area (Å²) < 4.78 is 46.6. The quantitative estimate of drug-likeness (QED) is 0.667. The minimum Gasteiger partial charge on any atom is -0.445 e. The van der Waals surface area contributed by atoms with Crippen LogP contribution in [-0.4, -0.2) is 45.4 Å². The van der Waals surface area contributed by atoms with Gasteiger partial charge in [-0.15, -0.1) is 0 Å². The summed E-state index contributed by atoms with van der Waals surface area (Å²) in [7, 11) is -3.61. The molecule has 29 heavy (non-hydrogen) atoms. The molecule has 2 aromatic rings. The van der Waals surface area contributed by atoms with E-state index in [1.54, 1.807) is 17.0 Å². The van der Waals surface area contributed by atoms with E-state index in [0.29, 0.717) is 19.5 Å². The first kappa shape index (κ1) is 21.3. The third-order valence-electron chi connectivity index (χ3n) is 4.99. The number of hydrogen-bond acceptors (Lipinski definition) is 5. The highest BCUT2D eigenvalue weighted by Gasteiger charge is 2.34. The molecule has 156 valence electrons. The number of amides is 1. The number of halogens is 1. The van der Waals surface area contributed by atoms with Gasteiger partial charge in [0.1, 0.15) is 12.4 Å². The lowest BCUT2D eigenvalue weighted by molar-refractivity contribution is 0.0651. The highest BCUT2D eigenvalue weighted by atomic mass is 32.2. The Hall–Kier alpha value is -2.45. The number of carbonyl (C=O) groups excluding carboxylic acids is 1. The standard InChI is InChI=1S/C21H24FNO5S/c1-29(25,26)28-15-18-13-23(21(24)27-14-16-5-3-2-4-6-16)12-11-20(18)17-7-9-19(22)10-8-17/h2-10,18,20H,11-15H2,1H3/t18-,20+/m0/s1. The topological polar surface area (TPSA) is 72.9 Å². The fourth-order valence-electron chi connectivity index (χ4n) is 3.54. The molecule has 0 spiro atoms. The molecule has 2 atom stereocenters. The lowest BCUT2D eigenvalue weighted by atomic mass is 9.81. The molecule has 0 aromatic heterocycles. The third-order valence-corrected chi connectivity index (χ3v) is 5.56. The van der Waals surface area contributed by atoms with Crippen molar-refractivity contribution in [3.63, 3.8) is 0 Å². The van der Waals surface area contributed by atoms with Crippen LogP contribution in [0.3, 0.4) is 0 Å². The van der Waals surface area contributed by atoms with Gasteiger partial charge >= 0.3 is 6.09 Å². The van der Waals surface area contributed by atoms with Crippen LogP contribution in [0.25, 0.3) is 0 Å². The van der Waals surface area contributed by atoms with E-state index in [4.69, 9.17) is 8.92 Å². The Labute approximate surface area is 170 Å². The first-order chi connectivity index (χ1) is 13.8. The van der Waals surface area contributed by atoms with Crippen molar-refractivity contribution >= 4 is 16.2 Å². The SMILES string of the molecule is CS(=O)(=O)OC[C@@H]1CN(C(=O)OCc2ccccc2)CC[C@@H]1c1ccc(F)cc1. The highest BCUT2D eigenvalue weighted by Crippen LogP contribution is 2.34. The molecule has 8 heteroatoms. The molecule has 0 radical (unpaired) electrons. The maximum atomic E-state index is 13.3. The van der Waals surface area contributed by atoms with Gasteiger partial charge < -0.3 is 9.64 Å². The van der Waals surface area contributed by atoms with E-state index in [2.05, 4.69) is 0 Å². The zero-order chi connectivity index (χ0) is 20.9. The summed E-state index contributed by atoms with van der Waals surface area (Å²) in [6.07, 6.45) is 1.15. The molecule has 0 bridgehead atoms. The first-order valence-corrected chi connectivity index (χ1v) is 11.2. The van der Waals surface area contributed by atoms with Crippen LogP contribution in [-0.2, 0) is 25.6 Å². The van der Waals surface area contributed by atoms with E-state index in [9.17, 15) is 17.6 Å². The molecule has 1 heterocycles. The lowest BCUT2D eigenvalue weighted by Gasteiger charge is -2.38. The van der Waals surface area contributed by atoms with Gasteiger partial charge in [0.05, 0.1) is 12.9 Å². The van der Waals surface area contributed by atoms with E-state index in [1.807, 2.05) is 30.3 Å². The largest absolute Gasteiger partial charge is 0.445 e. The molecule has 2 aromatic carbocycles. The molecule has 0 unspecified atom stereocenters. The molecule has 0 aliphatic carbocycles. The third kappa shape index (κ3) is 6.27. The summed E-state index contributed by atoms with van der Waals surface area (Å²) in [5.74, 6) is -0.636. The predicted molar refractivity (Wildman–Crippen MR) is 106 cm³/mol. The molecule has 1 saturated heterocycles. The fourth-order valence-corrected chi connectivity index (χ4v) is 3.96. The minimum atomic E-state index is -3.61. The minimum absolute atomic E-state index is 0.0458. The number of likely N-dealkylation sites (tertiary alicyclic amines) is 1. The van der Waals surface area contributed by atoms with Gasteiger partial charge in [0.25, 0.3) is 10.1 Å². The Bertz CT molecular complexity index is 918. The van der Waals surface area contributed by atoms with Crippen LogP contribution >= 0.6 is 0 Å². The van der Waals surface area contributed by atoms with Crippen molar-refractivity contribution in [3.8, 4) is 0 Å². The number of piperidine rings is 1. The van der Waals surface area contributed by atoms with Crippen LogP contribution < -0.4 is 0 Å². The summed E-state index contributed by atoms with van der Waals surface area (Å²) in [4.78, 5) is 14.1. The number of ether oxygens (including phenoxy) is 1. The van der Waals surface area contributed by atoms with Crippen molar-refractivity contribution in [2.24, 2.45) is 5.92 Å². The van der Waals surface area contributed by atoms with Gasteiger partial charge in [-0.25, -0.2) is 9.18 Å². The van der Waals surface area contributed by atoms with Crippen LogP contribution in [0.4, 0.5) is 9.18 Å². The van der Waals surface area contributed by atoms with Gasteiger partial charge in [-0.2, -0.15) is 8.42 Å². The number of hydrogen-bond donors (Lipinski definition) is 0. The van der Waals surface area contributed by atoms with Crippen LogP contribution in [0.2, 0.25) is 0 Å². The summed E-state index contributed by atoms with van der Waals surface area (Å²) in [5, 5.41) is 0. The van der Waals surface area contributed by atoms with Gasteiger partial charge in [0.15, 0.2) is 0 Å². The summed E-state index contributed by atoms with van der Waals surface area (Å²) >= 11 is 0. The number of carbonyl (C=O) groups is 1. The van der Waals surface area contributed by atoms with Crippen molar-refractivity contribution in [1.29, 1.82) is 0 Å². The average molecular weight is 421 g/mol. The molecular weight excluding hydrogens is 397 g/mol. The van der Waals surface area contributed by atoms with E-state index in [-0.39, 0.29) is 30.9 Å². The van der Waals surface area contributed by atoms with E-state index >= 15 is 0 Å². The van der Waals surface area contributed by atoms with Crippen molar-refractivity contribution in [1.82, 2.24) is 4.90 Å². The Morgan fingerprint density at radius 3 is 2.48 bits per heavy atom. The summed E-state index contributed by atoms with van der Waals surface area (Å²) in [6.45, 7) is 0.877. The molecule has 0 saturated carbocycles. The molecule has 3 rings (SSSR count). The molecule has 1 aliphatic rings. The first-order valence-electron chi connectivity index (χ1n) is 9.37. The summed E-state index contributed by atoms with van der Waals surface area (Å²) in [6, 6.07) is 15.5. The molecule has 0 N–H and O–H groups in total. The molecule has 1 amide bonds. The summed E-state index contributed by atoms with van der Waals surface area (Å²) in [5.41, 5.74) is 1.78. The molecule has 1 fully saturated rings. The average Bonchev–Trinajstić information content (AvgIpc) is 2.71. The van der Waals surface area contributed by atoms with Gasteiger partial charge in [-0.3, -0.25) is 4.18 Å².